The summed E-state index contributed by atoms with van der Waals surface area (Å²) in [7, 11) is 0. The first-order chi connectivity index (χ1) is 7.78. The van der Waals surface area contributed by atoms with Crippen LogP contribution in [0.5, 0.6) is 0 Å². The van der Waals surface area contributed by atoms with Crippen molar-refractivity contribution in [1.29, 1.82) is 0 Å². The van der Waals surface area contributed by atoms with Crippen molar-refractivity contribution in [2.45, 2.75) is 17.9 Å². The Kier molecular flexibility index (Phi) is 4.16. The summed E-state index contributed by atoms with van der Waals surface area (Å²) in [6.07, 6.45) is -3.53. The van der Waals surface area contributed by atoms with Crippen molar-refractivity contribution in [2.24, 2.45) is 0 Å². The number of carbonyl (C=O) groups is 1. The second-order valence-corrected chi connectivity index (χ2v) is 3.92. The predicted octanol–water partition coefficient (Wildman–Crippen LogP) is 0.982. The van der Waals surface area contributed by atoms with Crippen LogP contribution >= 0.6 is 11.8 Å². The second kappa shape index (κ2) is 5.21. The minimum atomic E-state index is -4.46. The lowest BCUT2D eigenvalue weighted by Gasteiger charge is -2.12. The van der Waals surface area contributed by atoms with Gasteiger partial charge in [-0.25, -0.2) is 0 Å². The third kappa shape index (κ3) is 4.89. The molecule has 0 unspecified atom stereocenters. The zero-order valence-corrected chi connectivity index (χ0v) is 9.09. The number of alkyl halides is 3. The van der Waals surface area contributed by atoms with Crippen molar-refractivity contribution < 1.29 is 23.1 Å². The Bertz CT molecular complexity index is 472. The van der Waals surface area contributed by atoms with E-state index in [1.165, 1.54) is 0 Å². The molecular weight excluding hydrogens is 261 g/mol. The predicted molar refractivity (Wildman–Crippen MR) is 52.9 cm³/mol. The van der Waals surface area contributed by atoms with Crippen molar-refractivity contribution in [3.8, 4) is 0 Å². The highest BCUT2D eigenvalue weighted by molar-refractivity contribution is 7.99. The highest BCUT2D eigenvalue weighted by Crippen LogP contribution is 2.21. The number of carboxylic acids is 1. The number of carboxylic acid groups (broad SMARTS) is 1. The summed E-state index contributed by atoms with van der Waals surface area (Å²) in [5.41, 5.74) is -0.712. The number of hydrogen-bond acceptors (Lipinski definition) is 4. The van der Waals surface area contributed by atoms with Gasteiger partial charge in [0.25, 0.3) is 5.56 Å². The summed E-state index contributed by atoms with van der Waals surface area (Å²) in [5.74, 6) is -1.67. The first-order valence-electron chi connectivity index (χ1n) is 4.27. The molecule has 0 radical (unpaired) electrons. The van der Waals surface area contributed by atoms with Crippen molar-refractivity contribution in [3.63, 3.8) is 0 Å². The minimum Gasteiger partial charge on any atom is -0.481 e. The Morgan fingerprint density at radius 3 is 2.71 bits per heavy atom. The van der Waals surface area contributed by atoms with E-state index in [1.54, 1.807) is 0 Å². The van der Waals surface area contributed by atoms with Gasteiger partial charge in [0, 0.05) is 12.3 Å². The quantitative estimate of drug-likeness (QED) is 0.651. The van der Waals surface area contributed by atoms with Gasteiger partial charge in [-0.1, -0.05) is 11.8 Å². The van der Waals surface area contributed by atoms with Crippen molar-refractivity contribution in [1.82, 2.24) is 9.55 Å². The molecule has 1 aromatic heterocycles. The van der Waals surface area contributed by atoms with Gasteiger partial charge < -0.3 is 9.67 Å². The summed E-state index contributed by atoms with van der Waals surface area (Å²) >= 11 is 0.562. The minimum absolute atomic E-state index is 0.266. The molecule has 0 aromatic carbocycles. The average Bonchev–Trinajstić information content (AvgIpc) is 2.16. The molecule has 0 atom stereocenters. The van der Waals surface area contributed by atoms with Crippen LogP contribution in [-0.2, 0) is 11.3 Å². The molecule has 0 bridgehead atoms. The van der Waals surface area contributed by atoms with Crippen LogP contribution in [0.2, 0.25) is 0 Å². The number of hydrogen-bond donors (Lipinski definition) is 1. The summed E-state index contributed by atoms with van der Waals surface area (Å²) < 4.78 is 37.2. The van der Waals surface area contributed by atoms with Crippen molar-refractivity contribution in [2.75, 3.05) is 5.75 Å². The first-order valence-corrected chi connectivity index (χ1v) is 5.25. The van der Waals surface area contributed by atoms with Gasteiger partial charge in [-0.05, 0) is 0 Å². The zero-order valence-electron chi connectivity index (χ0n) is 8.27. The molecule has 0 aliphatic rings. The summed E-state index contributed by atoms with van der Waals surface area (Å²) in [5, 5.41) is 8.14. The molecule has 0 saturated heterocycles. The Hall–Kier alpha value is -1.51. The fraction of sp³-hybridized carbons (Fsp3) is 0.375. The van der Waals surface area contributed by atoms with Gasteiger partial charge in [-0.2, -0.15) is 18.2 Å². The monoisotopic (exact) mass is 268 g/mol. The van der Waals surface area contributed by atoms with Gasteiger partial charge in [0.15, 0.2) is 5.16 Å². The smallest absolute Gasteiger partial charge is 0.406 e. The van der Waals surface area contributed by atoms with Crippen molar-refractivity contribution in [3.05, 3.63) is 22.6 Å². The maximum atomic E-state index is 12.2. The number of rotatable bonds is 4. The average molecular weight is 268 g/mol. The molecule has 0 fully saturated rings. The van der Waals surface area contributed by atoms with Gasteiger partial charge in [-0.15, -0.1) is 0 Å². The largest absolute Gasteiger partial charge is 0.481 e. The summed E-state index contributed by atoms with van der Waals surface area (Å²) in [6, 6.07) is 0.885. The first kappa shape index (κ1) is 13.6. The molecule has 94 valence electrons. The molecule has 0 spiro atoms. The molecule has 1 heterocycles. The number of nitrogens with zero attached hydrogens (tertiary/aromatic N) is 2. The zero-order chi connectivity index (χ0) is 13.1. The van der Waals surface area contributed by atoms with Crippen LogP contribution in [0.1, 0.15) is 0 Å². The molecule has 1 N–H and O–H groups in total. The van der Waals surface area contributed by atoms with Crippen LogP contribution in [0.4, 0.5) is 13.2 Å². The SMILES string of the molecule is O=C(O)CSc1nc(=O)ccn1CC(F)(F)F. The van der Waals surface area contributed by atoms with E-state index >= 15 is 0 Å². The molecule has 0 aliphatic heterocycles. The van der Waals surface area contributed by atoms with E-state index in [-0.39, 0.29) is 5.16 Å². The third-order valence-electron chi connectivity index (χ3n) is 1.52. The van der Waals surface area contributed by atoms with E-state index in [9.17, 15) is 22.8 Å². The summed E-state index contributed by atoms with van der Waals surface area (Å²) in [4.78, 5) is 24.5. The molecule has 5 nitrogen and oxygen atoms in total. The highest BCUT2D eigenvalue weighted by Gasteiger charge is 2.28. The van der Waals surface area contributed by atoms with Crippen LogP contribution in [-0.4, -0.2) is 32.6 Å². The van der Waals surface area contributed by atoms with Crippen LogP contribution in [0.25, 0.3) is 0 Å². The topological polar surface area (TPSA) is 72.2 Å². The van der Waals surface area contributed by atoms with Gasteiger partial charge in [0.2, 0.25) is 0 Å². The molecule has 17 heavy (non-hydrogen) atoms. The lowest BCUT2D eigenvalue weighted by Crippen LogP contribution is -2.22. The van der Waals surface area contributed by atoms with E-state index < -0.39 is 30.0 Å². The van der Waals surface area contributed by atoms with Gasteiger partial charge in [0.1, 0.15) is 6.54 Å². The molecule has 0 amide bonds. The van der Waals surface area contributed by atoms with Crippen LogP contribution in [0.15, 0.2) is 22.2 Å². The van der Waals surface area contributed by atoms with Gasteiger partial charge in [-0.3, -0.25) is 9.59 Å². The standard InChI is InChI=1S/C8H7F3N2O3S/c9-8(10,11)4-13-2-1-5(14)12-7(13)17-3-6(15)16/h1-2H,3-4H2,(H,15,16). The molecule has 1 aromatic rings. The van der Waals surface area contributed by atoms with Gasteiger partial charge >= 0.3 is 12.1 Å². The second-order valence-electron chi connectivity index (χ2n) is 2.97. The summed E-state index contributed by atoms with van der Waals surface area (Å²) in [6.45, 7) is -1.32. The molecule has 9 heteroatoms. The molecule has 0 saturated carbocycles. The third-order valence-corrected chi connectivity index (χ3v) is 2.50. The van der Waals surface area contributed by atoms with E-state index in [0.29, 0.717) is 16.3 Å². The van der Waals surface area contributed by atoms with E-state index in [2.05, 4.69) is 4.98 Å². The van der Waals surface area contributed by atoms with Gasteiger partial charge in [0.05, 0.1) is 5.75 Å². The molecular formula is C8H7F3N2O3S. The lowest BCUT2D eigenvalue weighted by molar-refractivity contribution is -0.142. The fourth-order valence-electron chi connectivity index (χ4n) is 0.968. The molecule has 1 rings (SSSR count). The Labute approximate surface area is 97.3 Å². The van der Waals surface area contributed by atoms with Crippen molar-refractivity contribution >= 4 is 17.7 Å². The Balaban J connectivity index is 2.95. The van der Waals surface area contributed by atoms with E-state index in [0.717, 1.165) is 12.3 Å². The number of thioether (sulfide) groups is 1. The van der Waals surface area contributed by atoms with E-state index in [1.807, 2.05) is 0 Å². The highest BCUT2D eigenvalue weighted by atomic mass is 32.2. The number of aromatic nitrogens is 2. The van der Waals surface area contributed by atoms with Crippen LogP contribution in [0, 0.1) is 0 Å². The number of aliphatic carboxylic acids is 1. The van der Waals surface area contributed by atoms with Crippen LogP contribution < -0.4 is 5.56 Å². The lowest BCUT2D eigenvalue weighted by atomic mass is 10.5. The fourth-order valence-corrected chi connectivity index (χ4v) is 1.67. The Morgan fingerprint density at radius 1 is 1.53 bits per heavy atom. The number of halogens is 3. The Morgan fingerprint density at radius 2 is 2.18 bits per heavy atom. The van der Waals surface area contributed by atoms with E-state index in [4.69, 9.17) is 5.11 Å². The maximum absolute atomic E-state index is 12.2. The molecule has 0 aliphatic carbocycles. The normalized spacial score (nSPS) is 11.5. The maximum Gasteiger partial charge on any atom is 0.406 e. The van der Waals surface area contributed by atoms with Crippen LogP contribution in [0.3, 0.4) is 0 Å².